The Morgan fingerprint density at radius 3 is 1.89 bits per heavy atom. The molecular formula is C23H44N2O3. The van der Waals surface area contributed by atoms with Crippen LogP contribution in [0.4, 0.5) is 4.79 Å². The zero-order valence-corrected chi connectivity index (χ0v) is 19.4. The van der Waals surface area contributed by atoms with E-state index in [0.29, 0.717) is 0 Å². The molecular weight excluding hydrogens is 352 g/mol. The van der Waals surface area contributed by atoms with Crippen molar-refractivity contribution in [2.24, 2.45) is 0 Å². The second kappa shape index (κ2) is 11.2. The lowest BCUT2D eigenvalue weighted by molar-refractivity contribution is -0.150. The highest BCUT2D eigenvalue weighted by atomic mass is 16.6. The Labute approximate surface area is 173 Å². The van der Waals surface area contributed by atoms with Crippen LogP contribution in [0.15, 0.2) is 0 Å². The Balaban J connectivity index is 2.48. The lowest BCUT2D eigenvalue weighted by Crippen LogP contribution is -2.73. The number of nitrogens with zero attached hydrogens (tertiary/aromatic N) is 1. The van der Waals surface area contributed by atoms with Crippen molar-refractivity contribution in [3.8, 4) is 0 Å². The molecule has 0 aromatic heterocycles. The van der Waals surface area contributed by atoms with Gasteiger partial charge in [0.25, 0.3) is 5.91 Å². The van der Waals surface area contributed by atoms with Crippen molar-refractivity contribution in [2.45, 2.75) is 136 Å². The summed E-state index contributed by atoms with van der Waals surface area (Å²) in [5, 5.41) is 3.38. The summed E-state index contributed by atoms with van der Waals surface area (Å²) in [7, 11) is 0. The first-order valence-electron chi connectivity index (χ1n) is 11.3. The van der Waals surface area contributed by atoms with E-state index in [9.17, 15) is 9.59 Å². The number of hydrogen-bond donors (Lipinski definition) is 1. The van der Waals surface area contributed by atoms with Crippen molar-refractivity contribution in [3.63, 3.8) is 0 Å². The van der Waals surface area contributed by atoms with Crippen molar-refractivity contribution < 1.29 is 14.3 Å². The van der Waals surface area contributed by atoms with Crippen LogP contribution in [-0.4, -0.2) is 40.1 Å². The van der Waals surface area contributed by atoms with Gasteiger partial charge in [0.2, 0.25) is 0 Å². The molecule has 0 aliphatic carbocycles. The highest BCUT2D eigenvalue weighted by Gasteiger charge is 2.52. The minimum Gasteiger partial charge on any atom is -0.443 e. The molecule has 1 aliphatic heterocycles. The normalized spacial score (nSPS) is 20.2. The number of likely N-dealkylation sites (tertiary alicyclic amines) is 1. The maximum absolute atomic E-state index is 12.6. The lowest BCUT2D eigenvalue weighted by atomic mass is 9.88. The predicted octanol–water partition coefficient (Wildman–Crippen LogP) is 5.81. The van der Waals surface area contributed by atoms with Crippen molar-refractivity contribution >= 4 is 12.0 Å². The second-order valence-electron chi connectivity index (χ2n) is 10.2. The summed E-state index contributed by atoms with van der Waals surface area (Å²) in [5.41, 5.74) is -0.765. The fourth-order valence-corrected chi connectivity index (χ4v) is 3.67. The van der Waals surface area contributed by atoms with Gasteiger partial charge in [0.05, 0.1) is 6.04 Å². The third-order valence-corrected chi connectivity index (χ3v) is 5.00. The van der Waals surface area contributed by atoms with Gasteiger partial charge in [0.1, 0.15) is 11.6 Å². The maximum atomic E-state index is 12.6. The van der Waals surface area contributed by atoms with E-state index in [2.05, 4.69) is 12.2 Å². The molecule has 1 fully saturated rings. The van der Waals surface area contributed by atoms with E-state index in [-0.39, 0.29) is 23.5 Å². The van der Waals surface area contributed by atoms with Crippen LogP contribution >= 0.6 is 0 Å². The number of rotatable bonds is 11. The summed E-state index contributed by atoms with van der Waals surface area (Å²) >= 11 is 0. The van der Waals surface area contributed by atoms with Crippen LogP contribution in [0.2, 0.25) is 0 Å². The van der Waals surface area contributed by atoms with Gasteiger partial charge in [-0.05, 0) is 48.0 Å². The SMILES string of the molecule is CCCCCCCCCCC[C@@H]1[C@@H](NC(C)(C)C)C(=O)N1C(=O)OC(C)(C)C. The third kappa shape index (κ3) is 8.93. The fraction of sp³-hybridized carbons (Fsp3) is 0.913. The van der Waals surface area contributed by atoms with E-state index in [1.165, 1.54) is 49.8 Å². The van der Waals surface area contributed by atoms with Gasteiger partial charge in [-0.25, -0.2) is 9.69 Å². The average molecular weight is 397 g/mol. The molecule has 5 nitrogen and oxygen atoms in total. The molecule has 5 heteroatoms. The molecule has 1 aliphatic rings. The maximum Gasteiger partial charge on any atom is 0.417 e. The van der Waals surface area contributed by atoms with Gasteiger partial charge in [-0.3, -0.25) is 10.1 Å². The zero-order valence-electron chi connectivity index (χ0n) is 19.4. The standard InChI is InChI=1S/C23H44N2O3/c1-8-9-10-11-12-13-14-15-16-17-18-19(24-22(2,3)4)20(26)25(18)21(27)28-23(5,6)7/h18-19,24H,8-17H2,1-7H3/t18-,19-/m1/s1. The number of carbonyl (C=O) groups excluding carboxylic acids is 2. The summed E-state index contributed by atoms with van der Waals surface area (Å²) in [6.45, 7) is 13.9. The number of imide groups is 1. The van der Waals surface area contributed by atoms with Gasteiger partial charge >= 0.3 is 6.09 Å². The Morgan fingerprint density at radius 2 is 1.43 bits per heavy atom. The molecule has 0 aromatic rings. The fourth-order valence-electron chi connectivity index (χ4n) is 3.67. The van der Waals surface area contributed by atoms with Crippen LogP contribution in [0.25, 0.3) is 0 Å². The molecule has 164 valence electrons. The number of nitrogens with one attached hydrogen (secondary N) is 1. The van der Waals surface area contributed by atoms with E-state index < -0.39 is 11.7 Å². The van der Waals surface area contributed by atoms with Gasteiger partial charge in [-0.1, -0.05) is 64.7 Å². The molecule has 2 amide bonds. The number of carbonyl (C=O) groups is 2. The van der Waals surface area contributed by atoms with Crippen molar-refractivity contribution in [3.05, 3.63) is 0 Å². The molecule has 0 radical (unpaired) electrons. The highest BCUT2D eigenvalue weighted by molar-refractivity contribution is 6.01. The lowest BCUT2D eigenvalue weighted by Gasteiger charge is -2.48. The average Bonchev–Trinajstić information content (AvgIpc) is 2.54. The molecule has 1 rings (SSSR count). The van der Waals surface area contributed by atoms with Crippen LogP contribution in [-0.2, 0) is 9.53 Å². The number of ether oxygens (including phenoxy) is 1. The Kier molecular flexibility index (Phi) is 9.96. The van der Waals surface area contributed by atoms with Crippen molar-refractivity contribution in [1.29, 1.82) is 0 Å². The number of unbranched alkanes of at least 4 members (excludes halogenated alkanes) is 8. The minimum absolute atomic E-state index is 0.105. The van der Waals surface area contributed by atoms with Crippen LogP contribution < -0.4 is 5.32 Å². The van der Waals surface area contributed by atoms with Crippen LogP contribution in [0.1, 0.15) is 113 Å². The summed E-state index contributed by atoms with van der Waals surface area (Å²) in [4.78, 5) is 26.4. The van der Waals surface area contributed by atoms with Gasteiger partial charge in [-0.2, -0.15) is 0 Å². The monoisotopic (exact) mass is 396 g/mol. The Morgan fingerprint density at radius 1 is 0.929 bits per heavy atom. The molecule has 0 saturated carbocycles. The summed E-state index contributed by atoms with van der Waals surface area (Å²) in [6.07, 6.45) is 11.7. The zero-order chi connectivity index (χ0) is 21.4. The smallest absolute Gasteiger partial charge is 0.417 e. The first kappa shape index (κ1) is 24.9. The Bertz CT molecular complexity index is 491. The molecule has 0 bridgehead atoms. The first-order chi connectivity index (χ1) is 13.0. The second-order valence-corrected chi connectivity index (χ2v) is 10.2. The van der Waals surface area contributed by atoms with Crippen molar-refractivity contribution in [2.75, 3.05) is 0 Å². The molecule has 1 saturated heterocycles. The highest BCUT2D eigenvalue weighted by Crippen LogP contribution is 2.29. The van der Waals surface area contributed by atoms with Gasteiger partial charge in [-0.15, -0.1) is 0 Å². The van der Waals surface area contributed by atoms with Crippen LogP contribution in [0.5, 0.6) is 0 Å². The topological polar surface area (TPSA) is 58.6 Å². The van der Waals surface area contributed by atoms with Crippen molar-refractivity contribution in [1.82, 2.24) is 10.2 Å². The van der Waals surface area contributed by atoms with Crippen LogP contribution in [0, 0.1) is 0 Å². The van der Waals surface area contributed by atoms with E-state index in [0.717, 1.165) is 19.3 Å². The van der Waals surface area contributed by atoms with E-state index >= 15 is 0 Å². The quantitative estimate of drug-likeness (QED) is 0.354. The molecule has 0 unspecified atom stereocenters. The molecule has 1 N–H and O–H groups in total. The summed E-state index contributed by atoms with van der Waals surface area (Å²) < 4.78 is 5.45. The van der Waals surface area contributed by atoms with Gasteiger partial charge in [0.15, 0.2) is 0 Å². The largest absolute Gasteiger partial charge is 0.443 e. The van der Waals surface area contributed by atoms with Crippen LogP contribution in [0.3, 0.4) is 0 Å². The number of β-lactam (4-membered cyclic amide) rings is 1. The number of hydrogen-bond acceptors (Lipinski definition) is 4. The Hall–Kier alpha value is -1.10. The molecule has 0 aromatic carbocycles. The van der Waals surface area contributed by atoms with E-state index in [1.54, 1.807) is 0 Å². The van der Waals surface area contributed by atoms with E-state index in [4.69, 9.17) is 4.74 Å². The molecule has 2 atom stereocenters. The number of amides is 2. The summed E-state index contributed by atoms with van der Waals surface area (Å²) in [6, 6.07) is -0.396. The minimum atomic E-state index is -0.595. The molecule has 28 heavy (non-hydrogen) atoms. The molecule has 1 heterocycles. The third-order valence-electron chi connectivity index (χ3n) is 5.00. The van der Waals surface area contributed by atoms with Gasteiger partial charge in [0, 0.05) is 5.54 Å². The first-order valence-corrected chi connectivity index (χ1v) is 11.3. The molecule has 0 spiro atoms. The van der Waals surface area contributed by atoms with E-state index in [1.807, 2.05) is 41.5 Å². The predicted molar refractivity (Wildman–Crippen MR) is 115 cm³/mol. The summed E-state index contributed by atoms with van der Waals surface area (Å²) in [5.74, 6) is -0.162. The van der Waals surface area contributed by atoms with Gasteiger partial charge < -0.3 is 4.74 Å².